The Morgan fingerprint density at radius 1 is 1.29 bits per heavy atom. The van der Waals surface area contributed by atoms with Gasteiger partial charge in [-0.2, -0.15) is 0 Å². The Kier molecular flexibility index (Phi) is 3.72. The van der Waals surface area contributed by atoms with E-state index in [2.05, 4.69) is 15.2 Å². The van der Waals surface area contributed by atoms with Gasteiger partial charge in [0.25, 0.3) is 0 Å². The summed E-state index contributed by atoms with van der Waals surface area (Å²) >= 11 is 0. The van der Waals surface area contributed by atoms with Gasteiger partial charge in [0.15, 0.2) is 5.82 Å². The number of rotatable bonds is 5. The van der Waals surface area contributed by atoms with Gasteiger partial charge < -0.3 is 15.0 Å². The van der Waals surface area contributed by atoms with Crippen LogP contribution in [0, 0.1) is 0 Å². The standard InChI is InChI=1S/C12H16N4O/c1-16(8-3-9-17)12-6-5-11(14-15-12)10-4-2-7-13-10/h2,4-7,13,17H,3,8-9H2,1H3. The van der Waals surface area contributed by atoms with Crippen LogP contribution in [0.4, 0.5) is 5.82 Å². The molecule has 0 spiro atoms. The molecule has 0 atom stereocenters. The zero-order valence-electron chi connectivity index (χ0n) is 9.80. The smallest absolute Gasteiger partial charge is 0.151 e. The first-order chi connectivity index (χ1) is 8.31. The van der Waals surface area contributed by atoms with E-state index in [-0.39, 0.29) is 6.61 Å². The maximum Gasteiger partial charge on any atom is 0.151 e. The van der Waals surface area contributed by atoms with E-state index < -0.39 is 0 Å². The molecule has 0 aliphatic heterocycles. The van der Waals surface area contributed by atoms with Crippen LogP contribution in [0.5, 0.6) is 0 Å². The number of aliphatic hydroxyl groups excluding tert-OH is 1. The minimum atomic E-state index is 0.193. The van der Waals surface area contributed by atoms with Crippen molar-refractivity contribution in [1.82, 2.24) is 15.2 Å². The van der Waals surface area contributed by atoms with Crippen LogP contribution < -0.4 is 4.90 Å². The highest BCUT2D eigenvalue weighted by molar-refractivity contribution is 5.55. The van der Waals surface area contributed by atoms with Crippen molar-refractivity contribution in [3.63, 3.8) is 0 Å². The van der Waals surface area contributed by atoms with Crippen molar-refractivity contribution in [1.29, 1.82) is 0 Å². The molecule has 0 saturated carbocycles. The second kappa shape index (κ2) is 5.45. The quantitative estimate of drug-likeness (QED) is 0.815. The highest BCUT2D eigenvalue weighted by Gasteiger charge is 2.04. The largest absolute Gasteiger partial charge is 0.396 e. The minimum absolute atomic E-state index is 0.193. The summed E-state index contributed by atoms with van der Waals surface area (Å²) in [5, 5.41) is 17.1. The molecule has 2 heterocycles. The van der Waals surface area contributed by atoms with Gasteiger partial charge in [-0.25, -0.2) is 0 Å². The normalized spacial score (nSPS) is 10.5. The predicted molar refractivity (Wildman–Crippen MR) is 66.8 cm³/mol. The molecule has 90 valence electrons. The van der Waals surface area contributed by atoms with Gasteiger partial charge in [0.05, 0.1) is 5.69 Å². The molecular formula is C12H16N4O. The first-order valence-corrected chi connectivity index (χ1v) is 5.61. The van der Waals surface area contributed by atoms with Gasteiger partial charge in [-0.1, -0.05) is 0 Å². The predicted octanol–water partition coefficient (Wildman–Crippen LogP) is 1.29. The molecular weight excluding hydrogens is 216 g/mol. The van der Waals surface area contributed by atoms with E-state index in [1.165, 1.54) is 0 Å². The lowest BCUT2D eigenvalue weighted by molar-refractivity contribution is 0.290. The highest BCUT2D eigenvalue weighted by Crippen LogP contribution is 2.15. The van der Waals surface area contributed by atoms with E-state index in [0.29, 0.717) is 0 Å². The van der Waals surface area contributed by atoms with Crippen molar-refractivity contribution < 1.29 is 5.11 Å². The van der Waals surface area contributed by atoms with Crippen LogP contribution in [-0.2, 0) is 0 Å². The number of hydrogen-bond acceptors (Lipinski definition) is 4. The molecule has 17 heavy (non-hydrogen) atoms. The zero-order chi connectivity index (χ0) is 12.1. The summed E-state index contributed by atoms with van der Waals surface area (Å²) in [7, 11) is 1.94. The molecule has 2 aromatic rings. The first kappa shape index (κ1) is 11.6. The van der Waals surface area contributed by atoms with Crippen LogP contribution in [0.3, 0.4) is 0 Å². The van der Waals surface area contributed by atoms with Gasteiger partial charge in [-0.15, -0.1) is 10.2 Å². The Morgan fingerprint density at radius 2 is 2.18 bits per heavy atom. The number of nitrogens with zero attached hydrogens (tertiary/aromatic N) is 3. The molecule has 2 aromatic heterocycles. The van der Waals surface area contributed by atoms with Gasteiger partial charge in [0, 0.05) is 26.4 Å². The first-order valence-electron chi connectivity index (χ1n) is 5.61. The van der Waals surface area contributed by atoms with Crippen molar-refractivity contribution in [2.75, 3.05) is 25.1 Å². The lowest BCUT2D eigenvalue weighted by atomic mass is 10.3. The van der Waals surface area contributed by atoms with E-state index in [0.717, 1.165) is 30.2 Å². The van der Waals surface area contributed by atoms with Gasteiger partial charge in [0.1, 0.15) is 5.69 Å². The third-order valence-corrected chi connectivity index (χ3v) is 2.57. The molecule has 5 nitrogen and oxygen atoms in total. The van der Waals surface area contributed by atoms with Crippen molar-refractivity contribution in [2.45, 2.75) is 6.42 Å². The molecule has 0 unspecified atom stereocenters. The van der Waals surface area contributed by atoms with E-state index in [4.69, 9.17) is 5.11 Å². The van der Waals surface area contributed by atoms with Crippen molar-refractivity contribution in [2.24, 2.45) is 0 Å². The number of hydrogen-bond donors (Lipinski definition) is 2. The van der Waals surface area contributed by atoms with Crippen LogP contribution >= 0.6 is 0 Å². The van der Waals surface area contributed by atoms with Crippen molar-refractivity contribution >= 4 is 5.82 Å². The Balaban J connectivity index is 2.08. The third-order valence-electron chi connectivity index (χ3n) is 2.57. The molecule has 0 aliphatic carbocycles. The Morgan fingerprint density at radius 3 is 2.76 bits per heavy atom. The van der Waals surface area contributed by atoms with Crippen LogP contribution in [0.25, 0.3) is 11.4 Å². The fraction of sp³-hybridized carbons (Fsp3) is 0.333. The van der Waals surface area contributed by atoms with Crippen LogP contribution in [-0.4, -0.2) is 40.5 Å². The molecule has 0 amide bonds. The minimum Gasteiger partial charge on any atom is -0.396 e. The zero-order valence-corrected chi connectivity index (χ0v) is 9.80. The average molecular weight is 232 g/mol. The van der Waals surface area contributed by atoms with Gasteiger partial charge >= 0.3 is 0 Å². The molecule has 5 heteroatoms. The maximum atomic E-state index is 8.76. The maximum absolute atomic E-state index is 8.76. The van der Waals surface area contributed by atoms with E-state index >= 15 is 0 Å². The highest BCUT2D eigenvalue weighted by atomic mass is 16.3. The van der Waals surface area contributed by atoms with E-state index in [1.807, 2.05) is 42.4 Å². The Labute approximate surface area is 100 Å². The molecule has 2 N–H and O–H groups in total. The van der Waals surface area contributed by atoms with Gasteiger partial charge in [-0.05, 0) is 30.7 Å². The molecule has 0 fully saturated rings. The van der Waals surface area contributed by atoms with Gasteiger partial charge in [-0.3, -0.25) is 0 Å². The van der Waals surface area contributed by atoms with E-state index in [9.17, 15) is 0 Å². The number of nitrogens with one attached hydrogen (secondary N) is 1. The number of aromatic nitrogens is 3. The van der Waals surface area contributed by atoms with Gasteiger partial charge in [0.2, 0.25) is 0 Å². The summed E-state index contributed by atoms with van der Waals surface area (Å²) in [4.78, 5) is 5.06. The Hall–Kier alpha value is -1.88. The molecule has 0 saturated heterocycles. The summed E-state index contributed by atoms with van der Waals surface area (Å²) in [6, 6.07) is 7.75. The summed E-state index contributed by atoms with van der Waals surface area (Å²) in [5.41, 5.74) is 1.79. The molecule has 0 radical (unpaired) electrons. The second-order valence-electron chi connectivity index (χ2n) is 3.86. The number of H-pyrrole nitrogens is 1. The van der Waals surface area contributed by atoms with Crippen LogP contribution in [0.15, 0.2) is 30.5 Å². The monoisotopic (exact) mass is 232 g/mol. The lowest BCUT2D eigenvalue weighted by Crippen LogP contribution is -2.20. The number of aromatic amines is 1. The lowest BCUT2D eigenvalue weighted by Gasteiger charge is -2.16. The Bertz CT molecular complexity index is 438. The molecule has 2 rings (SSSR count). The molecule has 0 bridgehead atoms. The van der Waals surface area contributed by atoms with Crippen LogP contribution in [0.1, 0.15) is 6.42 Å². The van der Waals surface area contributed by atoms with Crippen molar-refractivity contribution in [3.05, 3.63) is 30.5 Å². The third kappa shape index (κ3) is 2.82. The fourth-order valence-electron chi connectivity index (χ4n) is 1.58. The second-order valence-corrected chi connectivity index (χ2v) is 3.86. The molecule has 0 aromatic carbocycles. The SMILES string of the molecule is CN(CCCO)c1ccc(-c2ccc[nH]2)nn1. The summed E-state index contributed by atoms with van der Waals surface area (Å²) < 4.78 is 0. The number of aliphatic hydroxyl groups is 1. The summed E-state index contributed by atoms with van der Waals surface area (Å²) in [6.07, 6.45) is 2.59. The summed E-state index contributed by atoms with van der Waals surface area (Å²) in [5.74, 6) is 0.814. The van der Waals surface area contributed by atoms with Crippen LogP contribution in [0.2, 0.25) is 0 Å². The number of anilines is 1. The topological polar surface area (TPSA) is 65.0 Å². The summed E-state index contributed by atoms with van der Waals surface area (Å²) in [6.45, 7) is 0.964. The molecule has 0 aliphatic rings. The van der Waals surface area contributed by atoms with Crippen molar-refractivity contribution in [3.8, 4) is 11.4 Å². The van der Waals surface area contributed by atoms with E-state index in [1.54, 1.807) is 0 Å². The fourth-order valence-corrected chi connectivity index (χ4v) is 1.58. The average Bonchev–Trinajstić information content (AvgIpc) is 2.90.